The normalized spacial score (nSPS) is 23.0. The van der Waals surface area contributed by atoms with Crippen LogP contribution in [0, 0.1) is 0 Å². The Hall–Kier alpha value is -5.07. The summed E-state index contributed by atoms with van der Waals surface area (Å²) in [6.45, 7) is 9.76. The van der Waals surface area contributed by atoms with E-state index < -0.39 is 20.2 Å². The van der Waals surface area contributed by atoms with E-state index in [1.807, 2.05) is 24.3 Å². The van der Waals surface area contributed by atoms with Gasteiger partial charge >= 0.3 is 0 Å². The lowest BCUT2D eigenvalue weighted by molar-refractivity contribution is 0.478. The van der Waals surface area contributed by atoms with Crippen molar-refractivity contribution in [1.82, 2.24) is 4.58 Å². The molecule has 60 heavy (non-hydrogen) atoms. The van der Waals surface area contributed by atoms with Crippen LogP contribution < -0.4 is 14.4 Å². The number of hydrogen-bond donors (Lipinski definition) is 2. The smallest absolute Gasteiger partial charge is 0.264 e. The highest BCUT2D eigenvalue weighted by atomic mass is 32.2. The first-order chi connectivity index (χ1) is 28.7. The molecule has 9 nitrogen and oxygen atoms in total. The van der Waals surface area contributed by atoms with Crippen molar-refractivity contribution in [3.63, 3.8) is 0 Å². The van der Waals surface area contributed by atoms with E-state index >= 15 is 0 Å². The summed E-state index contributed by atoms with van der Waals surface area (Å²) in [5.41, 5.74) is 11.5. The lowest BCUT2D eigenvalue weighted by Gasteiger charge is -2.29. The van der Waals surface area contributed by atoms with Crippen molar-refractivity contribution < 1.29 is 25.9 Å². The second-order valence-electron chi connectivity index (χ2n) is 16.3. The zero-order chi connectivity index (χ0) is 42.7. The van der Waals surface area contributed by atoms with E-state index in [0.717, 1.165) is 76.7 Å². The van der Waals surface area contributed by atoms with Gasteiger partial charge in [-0.15, -0.1) is 0 Å². The van der Waals surface area contributed by atoms with Gasteiger partial charge in [-0.1, -0.05) is 98.8 Å². The van der Waals surface area contributed by atoms with Gasteiger partial charge in [-0.3, -0.25) is 9.11 Å². The van der Waals surface area contributed by atoms with Gasteiger partial charge in [-0.05, 0) is 87.8 Å². The maximum atomic E-state index is 11.8. The fraction of sp³-hybridized carbons (Fsp3) is 0.327. The van der Waals surface area contributed by atoms with Crippen LogP contribution in [0.3, 0.4) is 0 Å². The molecule has 314 valence electrons. The Morgan fingerprint density at radius 2 is 0.933 bits per heavy atom. The minimum absolute atomic E-state index is 0.281. The van der Waals surface area contributed by atoms with Gasteiger partial charge < -0.3 is 9.80 Å². The monoisotopic (exact) mass is 846 g/mol. The first-order valence-electron chi connectivity index (χ1n) is 20.9. The molecule has 0 saturated heterocycles. The highest BCUT2D eigenvalue weighted by Gasteiger charge is 2.44. The summed E-state index contributed by atoms with van der Waals surface area (Å²) >= 11 is 0. The zero-order valence-electron chi connectivity index (χ0n) is 35.0. The summed E-state index contributed by atoms with van der Waals surface area (Å²) < 4.78 is 68.7. The number of hydrogen-bond acceptors (Lipinski definition) is 6. The molecule has 4 aromatic carbocycles. The second kappa shape index (κ2) is 17.5. The number of para-hydroxylation sites is 4. The fourth-order valence-corrected chi connectivity index (χ4v) is 10.3. The van der Waals surface area contributed by atoms with Crippen LogP contribution in [0.15, 0.2) is 156 Å². The van der Waals surface area contributed by atoms with E-state index in [-0.39, 0.29) is 35.2 Å². The van der Waals surface area contributed by atoms with E-state index in [1.54, 1.807) is 0 Å². The van der Waals surface area contributed by atoms with E-state index in [2.05, 4.69) is 151 Å². The maximum Gasteiger partial charge on any atom is 0.264 e. The topological polar surface area (TPSA) is 118 Å². The summed E-state index contributed by atoms with van der Waals surface area (Å²) in [6.07, 6.45) is 12.7. The van der Waals surface area contributed by atoms with Gasteiger partial charge in [0.2, 0.25) is 17.1 Å². The number of anilines is 2. The maximum absolute atomic E-state index is 11.8. The summed E-state index contributed by atoms with van der Waals surface area (Å²) in [6, 6.07) is 37.4. The molecule has 11 heteroatoms. The van der Waals surface area contributed by atoms with Gasteiger partial charge in [0.05, 0.1) is 11.5 Å². The molecule has 0 aromatic heterocycles. The third-order valence-corrected chi connectivity index (χ3v) is 14.3. The van der Waals surface area contributed by atoms with Crippen molar-refractivity contribution in [2.24, 2.45) is 0 Å². The molecule has 0 spiro atoms. The van der Waals surface area contributed by atoms with Crippen LogP contribution in [0.2, 0.25) is 0 Å². The summed E-state index contributed by atoms with van der Waals surface area (Å²) in [5, 5.41) is 0. The van der Waals surface area contributed by atoms with Gasteiger partial charge in [0.1, 0.15) is 0 Å². The molecule has 1 aliphatic carbocycles. The molecule has 0 radical (unpaired) electrons. The van der Waals surface area contributed by atoms with E-state index in [0.29, 0.717) is 13.1 Å². The molecule has 2 N–H and O–H groups in total. The van der Waals surface area contributed by atoms with Crippen LogP contribution in [0.4, 0.5) is 22.7 Å². The number of benzene rings is 4. The van der Waals surface area contributed by atoms with Gasteiger partial charge in [0, 0.05) is 82.1 Å². The highest BCUT2D eigenvalue weighted by Crippen LogP contribution is 2.51. The van der Waals surface area contributed by atoms with Crippen LogP contribution in [-0.2, 0) is 31.1 Å². The van der Waals surface area contributed by atoms with E-state index in [1.165, 1.54) is 11.1 Å². The molecule has 2 heterocycles. The number of rotatable bonds is 14. The standard InChI is InChI=1S/C49H55N3O6S2/c1-5-48(3)41-23-13-15-25-43(41)50(33-17-35-59(53,54)55)45(48)31-29-37-27-28-38(47(37)52(39-19-9-7-10-20-39)40-21-11-8-12-22-40)30-32-46-49(4,6-2)42-24-14-16-26-44(42)51(46)34-18-36-60(56,57)58/h7-16,19-26,29-32H,5-6,17-18,27-28,33-36H2,1-4H3,(H-,53,54,55,56,57,58)/p+1. The van der Waals surface area contributed by atoms with Crippen molar-refractivity contribution in [2.75, 3.05) is 34.4 Å². The predicted octanol–water partition coefficient (Wildman–Crippen LogP) is 10.3. The molecule has 3 aliphatic rings. The van der Waals surface area contributed by atoms with Crippen LogP contribution in [0.1, 0.15) is 77.3 Å². The summed E-state index contributed by atoms with van der Waals surface area (Å²) in [5.74, 6) is -0.624. The van der Waals surface area contributed by atoms with Crippen LogP contribution >= 0.6 is 0 Å². The summed E-state index contributed by atoms with van der Waals surface area (Å²) in [4.78, 5) is 4.45. The van der Waals surface area contributed by atoms with Gasteiger partial charge in [0.15, 0.2) is 0 Å². The lowest BCUT2D eigenvalue weighted by Crippen LogP contribution is -2.29. The minimum atomic E-state index is -4.11. The van der Waals surface area contributed by atoms with Crippen molar-refractivity contribution in [2.45, 2.75) is 77.0 Å². The largest absolute Gasteiger partial charge is 0.344 e. The Morgan fingerprint density at radius 3 is 1.30 bits per heavy atom. The number of allylic oxidation sites excluding steroid dienone is 8. The first kappa shape index (κ1) is 43.0. The average molecular weight is 847 g/mol. The molecule has 2 aliphatic heterocycles. The van der Waals surface area contributed by atoms with Crippen LogP contribution in [-0.4, -0.2) is 56.2 Å². The number of nitrogens with zero attached hydrogens (tertiary/aromatic N) is 3. The number of fused-ring (bicyclic) bond motifs is 2. The Kier molecular flexibility index (Phi) is 12.5. The SMILES string of the molecule is CCC1(C)C(=CC=C2CCC(=CC=C3N(CCCS(=O)(=O)O)c4ccccc4C3(C)CC)C2=[N+](c2ccccc2)c2ccccc2)N(CCCS(=O)(=O)O)c2ccccc21. The second-order valence-corrected chi connectivity index (χ2v) is 19.5. The third-order valence-electron chi connectivity index (χ3n) is 12.7. The van der Waals surface area contributed by atoms with Crippen molar-refractivity contribution >= 4 is 48.7 Å². The zero-order valence-corrected chi connectivity index (χ0v) is 36.6. The molecule has 2 atom stereocenters. The van der Waals surface area contributed by atoms with Crippen molar-refractivity contribution in [3.8, 4) is 0 Å². The van der Waals surface area contributed by atoms with E-state index in [4.69, 9.17) is 0 Å². The average Bonchev–Trinajstić information content (AvgIpc) is 3.82. The van der Waals surface area contributed by atoms with Crippen LogP contribution in [0.25, 0.3) is 0 Å². The summed E-state index contributed by atoms with van der Waals surface area (Å²) in [7, 11) is -8.22. The highest BCUT2D eigenvalue weighted by molar-refractivity contribution is 7.86. The Bertz CT molecular complexity index is 2440. The minimum Gasteiger partial charge on any atom is -0.344 e. The fourth-order valence-electron chi connectivity index (χ4n) is 9.31. The molecular weight excluding hydrogens is 791 g/mol. The Labute approximate surface area is 356 Å². The Balaban J connectivity index is 1.41. The molecule has 0 bridgehead atoms. The van der Waals surface area contributed by atoms with Gasteiger partial charge in [-0.25, -0.2) is 0 Å². The first-order valence-corrected chi connectivity index (χ1v) is 24.2. The molecule has 7 rings (SSSR count). The molecule has 2 unspecified atom stereocenters. The van der Waals surface area contributed by atoms with Crippen LogP contribution in [0.5, 0.6) is 0 Å². The molecule has 4 aromatic rings. The van der Waals surface area contributed by atoms with Gasteiger partial charge in [0.25, 0.3) is 20.2 Å². The predicted molar refractivity (Wildman–Crippen MR) is 246 cm³/mol. The molecule has 0 amide bonds. The quantitative estimate of drug-likeness (QED) is 0.0952. The van der Waals surface area contributed by atoms with Crippen molar-refractivity contribution in [1.29, 1.82) is 0 Å². The van der Waals surface area contributed by atoms with Crippen molar-refractivity contribution in [3.05, 3.63) is 167 Å². The Morgan fingerprint density at radius 1 is 0.567 bits per heavy atom. The third kappa shape index (κ3) is 8.72. The molecular formula is C49H56N3O6S2+. The molecule has 1 fully saturated rings. The lowest BCUT2D eigenvalue weighted by atomic mass is 9.79. The molecule has 1 saturated carbocycles. The van der Waals surface area contributed by atoms with E-state index in [9.17, 15) is 25.9 Å². The van der Waals surface area contributed by atoms with Gasteiger partial charge in [-0.2, -0.15) is 21.4 Å².